The topological polar surface area (TPSA) is 114 Å². The fraction of sp³-hybridized carbons (Fsp3) is 0.286. The van der Waals surface area contributed by atoms with Crippen molar-refractivity contribution in [3.63, 3.8) is 0 Å². The van der Waals surface area contributed by atoms with Crippen LogP contribution in [0.1, 0.15) is 18.7 Å². The van der Waals surface area contributed by atoms with Crippen LogP contribution in [0.15, 0.2) is 53.1 Å². The zero-order chi connectivity index (χ0) is 21.8. The Balaban J connectivity index is 1.30. The monoisotopic (exact) mass is 441 g/mol. The van der Waals surface area contributed by atoms with Gasteiger partial charge in [-0.2, -0.15) is 4.98 Å². The van der Waals surface area contributed by atoms with Gasteiger partial charge in [-0.1, -0.05) is 35.0 Å². The van der Waals surface area contributed by atoms with Crippen molar-refractivity contribution in [2.45, 2.75) is 19.4 Å². The molecule has 1 amide bonds. The number of hydrogen-bond donors (Lipinski definition) is 1. The molecule has 1 aliphatic rings. The number of nitrogens with one attached hydrogen (secondary N) is 1. The first-order chi connectivity index (χ1) is 15.0. The molecule has 0 spiro atoms. The van der Waals surface area contributed by atoms with Crippen LogP contribution < -0.4 is 5.32 Å². The smallest absolute Gasteiger partial charge is 0.271 e. The van der Waals surface area contributed by atoms with E-state index in [0.29, 0.717) is 54.9 Å². The first kappa shape index (κ1) is 21.0. The third-order valence-corrected chi connectivity index (χ3v) is 5.55. The van der Waals surface area contributed by atoms with Crippen LogP contribution in [0.2, 0.25) is 5.02 Å². The number of piperidine rings is 1. The lowest BCUT2D eigenvalue weighted by atomic mass is 9.96. The Labute approximate surface area is 183 Å². The van der Waals surface area contributed by atoms with Crippen molar-refractivity contribution in [3.8, 4) is 11.4 Å². The lowest BCUT2D eigenvalue weighted by Gasteiger charge is -2.30. The average molecular weight is 442 g/mol. The van der Waals surface area contributed by atoms with Crippen molar-refractivity contribution in [1.29, 1.82) is 0 Å². The lowest BCUT2D eigenvalue weighted by molar-refractivity contribution is -0.384. The summed E-state index contributed by atoms with van der Waals surface area (Å²) in [4.78, 5) is 29.5. The number of nitro groups is 1. The number of halogens is 1. The minimum Gasteiger partial charge on any atom is -0.338 e. The van der Waals surface area contributed by atoms with Crippen LogP contribution in [0.5, 0.6) is 0 Å². The minimum atomic E-state index is -0.483. The number of likely N-dealkylation sites (tertiary alicyclic amines) is 1. The van der Waals surface area contributed by atoms with Crippen molar-refractivity contribution < 1.29 is 14.2 Å². The molecule has 1 fully saturated rings. The zero-order valence-electron chi connectivity index (χ0n) is 16.5. The van der Waals surface area contributed by atoms with Gasteiger partial charge in [-0.05, 0) is 44.1 Å². The molecule has 2 heterocycles. The Hall–Kier alpha value is -3.30. The fourth-order valence-corrected chi connectivity index (χ4v) is 3.78. The Kier molecular flexibility index (Phi) is 6.24. The van der Waals surface area contributed by atoms with Crippen molar-refractivity contribution in [1.82, 2.24) is 15.0 Å². The average Bonchev–Trinajstić information content (AvgIpc) is 3.23. The molecule has 0 bridgehead atoms. The molecule has 1 aliphatic heterocycles. The predicted molar refractivity (Wildman–Crippen MR) is 114 cm³/mol. The molecule has 2 aromatic carbocycles. The third kappa shape index (κ3) is 5.07. The van der Waals surface area contributed by atoms with Crippen LogP contribution in [0.25, 0.3) is 11.4 Å². The maximum Gasteiger partial charge on any atom is 0.271 e. The minimum absolute atomic E-state index is 0.0525. The number of anilines is 1. The molecule has 1 saturated heterocycles. The van der Waals surface area contributed by atoms with Gasteiger partial charge in [0.1, 0.15) is 0 Å². The van der Waals surface area contributed by atoms with E-state index in [-0.39, 0.29) is 17.5 Å². The summed E-state index contributed by atoms with van der Waals surface area (Å²) >= 11 is 6.18. The van der Waals surface area contributed by atoms with Crippen molar-refractivity contribution >= 4 is 28.9 Å². The second-order valence-electron chi connectivity index (χ2n) is 7.34. The van der Waals surface area contributed by atoms with Crippen LogP contribution in [0.4, 0.5) is 11.4 Å². The van der Waals surface area contributed by atoms with Gasteiger partial charge in [0, 0.05) is 29.3 Å². The number of benzene rings is 2. The van der Waals surface area contributed by atoms with E-state index in [1.165, 1.54) is 12.1 Å². The van der Waals surface area contributed by atoms with Gasteiger partial charge >= 0.3 is 0 Å². The molecule has 10 heteroatoms. The summed E-state index contributed by atoms with van der Waals surface area (Å²) in [6, 6.07) is 13.3. The number of carbonyl (C=O) groups is 1. The number of nitro benzene ring substituents is 1. The Bertz CT molecular complexity index is 1090. The van der Waals surface area contributed by atoms with E-state index in [9.17, 15) is 14.9 Å². The van der Waals surface area contributed by atoms with Gasteiger partial charge < -0.3 is 9.84 Å². The number of nitrogens with zero attached hydrogens (tertiary/aromatic N) is 4. The summed E-state index contributed by atoms with van der Waals surface area (Å²) in [6.45, 7) is 1.91. The number of carbonyl (C=O) groups excluding carboxylic acids is 1. The van der Waals surface area contributed by atoms with Crippen LogP contribution in [0, 0.1) is 16.0 Å². The molecular weight excluding hydrogens is 422 g/mol. The van der Waals surface area contributed by atoms with Gasteiger partial charge in [0.2, 0.25) is 17.6 Å². The normalized spacial score (nSPS) is 15.0. The van der Waals surface area contributed by atoms with E-state index in [1.54, 1.807) is 18.2 Å². The number of hydrogen-bond acceptors (Lipinski definition) is 7. The largest absolute Gasteiger partial charge is 0.338 e. The van der Waals surface area contributed by atoms with Crippen LogP contribution in [-0.2, 0) is 11.3 Å². The number of aromatic nitrogens is 2. The highest BCUT2D eigenvalue weighted by Crippen LogP contribution is 2.26. The number of rotatable bonds is 6. The molecular formula is C21H20ClN5O4. The molecule has 4 rings (SSSR count). The summed E-state index contributed by atoms with van der Waals surface area (Å²) < 4.78 is 5.36. The van der Waals surface area contributed by atoms with Gasteiger partial charge in [0.05, 0.1) is 16.5 Å². The van der Waals surface area contributed by atoms with Crippen molar-refractivity contribution in [2.75, 3.05) is 18.4 Å². The summed E-state index contributed by atoms with van der Waals surface area (Å²) in [5.74, 6) is 0.664. The van der Waals surface area contributed by atoms with E-state index in [2.05, 4.69) is 20.4 Å². The molecule has 1 N–H and O–H groups in total. The molecule has 160 valence electrons. The maximum absolute atomic E-state index is 12.6. The summed E-state index contributed by atoms with van der Waals surface area (Å²) in [5, 5.41) is 18.2. The zero-order valence-corrected chi connectivity index (χ0v) is 17.3. The highest BCUT2D eigenvalue weighted by atomic mass is 35.5. The van der Waals surface area contributed by atoms with Crippen LogP contribution in [-0.4, -0.2) is 39.0 Å². The van der Waals surface area contributed by atoms with E-state index in [1.807, 2.05) is 18.2 Å². The van der Waals surface area contributed by atoms with E-state index < -0.39 is 4.92 Å². The van der Waals surface area contributed by atoms with Crippen LogP contribution in [0.3, 0.4) is 0 Å². The first-order valence-corrected chi connectivity index (χ1v) is 10.2. The van der Waals surface area contributed by atoms with Crippen molar-refractivity contribution in [3.05, 3.63) is 69.6 Å². The van der Waals surface area contributed by atoms with Gasteiger partial charge in [-0.15, -0.1) is 0 Å². The second kappa shape index (κ2) is 9.23. The Morgan fingerprint density at radius 2 is 2.00 bits per heavy atom. The molecule has 0 aliphatic carbocycles. The van der Waals surface area contributed by atoms with E-state index >= 15 is 0 Å². The quantitative estimate of drug-likeness (QED) is 0.451. The van der Waals surface area contributed by atoms with E-state index in [0.717, 1.165) is 5.56 Å². The Morgan fingerprint density at radius 1 is 1.23 bits per heavy atom. The molecule has 0 saturated carbocycles. The first-order valence-electron chi connectivity index (χ1n) is 9.85. The summed E-state index contributed by atoms with van der Waals surface area (Å²) in [7, 11) is 0. The van der Waals surface area contributed by atoms with Crippen molar-refractivity contribution in [2.24, 2.45) is 5.92 Å². The number of non-ortho nitro benzene ring substituents is 1. The predicted octanol–water partition coefficient (Wildman–Crippen LogP) is 4.15. The molecule has 31 heavy (non-hydrogen) atoms. The van der Waals surface area contributed by atoms with E-state index in [4.69, 9.17) is 16.1 Å². The molecule has 0 atom stereocenters. The third-order valence-electron chi connectivity index (χ3n) is 5.22. The fourth-order valence-electron chi connectivity index (χ4n) is 3.56. The highest BCUT2D eigenvalue weighted by Gasteiger charge is 2.26. The molecule has 9 nitrogen and oxygen atoms in total. The molecule has 1 aromatic heterocycles. The van der Waals surface area contributed by atoms with Gasteiger partial charge in [0.15, 0.2) is 0 Å². The molecule has 0 unspecified atom stereocenters. The van der Waals surface area contributed by atoms with Crippen LogP contribution >= 0.6 is 11.6 Å². The second-order valence-corrected chi connectivity index (χ2v) is 7.75. The molecule has 3 aromatic rings. The van der Waals surface area contributed by atoms with Gasteiger partial charge in [0.25, 0.3) is 5.69 Å². The Morgan fingerprint density at radius 3 is 2.74 bits per heavy atom. The van der Waals surface area contributed by atoms with Gasteiger partial charge in [-0.3, -0.25) is 19.8 Å². The van der Waals surface area contributed by atoms with Gasteiger partial charge in [-0.25, -0.2) is 0 Å². The summed E-state index contributed by atoms with van der Waals surface area (Å²) in [6.07, 6.45) is 1.35. The maximum atomic E-state index is 12.6. The SMILES string of the molecule is O=C(Nc1cccc([N+](=O)[O-])c1)C1CCN(Cc2nc(-c3ccccc3Cl)no2)CC1. The summed E-state index contributed by atoms with van der Waals surface area (Å²) in [5.41, 5.74) is 1.10. The lowest BCUT2D eigenvalue weighted by Crippen LogP contribution is -2.37. The standard InChI is InChI=1S/C21H20ClN5O4/c22-18-7-2-1-6-17(18)20-24-19(31-25-20)13-26-10-8-14(9-11-26)21(28)23-15-4-3-5-16(12-15)27(29)30/h1-7,12,14H,8-11,13H2,(H,23,28). The number of amides is 1. The highest BCUT2D eigenvalue weighted by molar-refractivity contribution is 6.33. The molecule has 0 radical (unpaired) electrons.